The molecule has 0 fully saturated rings. The Balaban J connectivity index is 1.78. The molecular formula is C19H21FN2O2S. The van der Waals surface area contributed by atoms with Crippen molar-refractivity contribution < 1.29 is 14.0 Å². The van der Waals surface area contributed by atoms with Crippen LogP contribution in [0.15, 0.2) is 36.4 Å². The molecule has 2 aromatic rings. The minimum Gasteiger partial charge on any atom is -0.325 e. The molecule has 2 amide bonds. The van der Waals surface area contributed by atoms with Crippen LogP contribution in [0, 0.1) is 26.6 Å². The Hall–Kier alpha value is -2.34. The lowest BCUT2D eigenvalue weighted by Crippen LogP contribution is -2.19. The number of halogens is 1. The number of anilines is 2. The van der Waals surface area contributed by atoms with Crippen molar-refractivity contribution in [1.82, 2.24) is 0 Å². The predicted octanol–water partition coefficient (Wildman–Crippen LogP) is 4.06. The maximum Gasteiger partial charge on any atom is 0.234 e. The van der Waals surface area contributed by atoms with Gasteiger partial charge < -0.3 is 10.6 Å². The molecule has 2 aromatic carbocycles. The van der Waals surface area contributed by atoms with Crippen LogP contribution in [-0.2, 0) is 9.59 Å². The van der Waals surface area contributed by atoms with Crippen LogP contribution in [0.2, 0.25) is 0 Å². The van der Waals surface area contributed by atoms with Crippen molar-refractivity contribution in [2.45, 2.75) is 20.8 Å². The highest BCUT2D eigenvalue weighted by atomic mass is 32.2. The topological polar surface area (TPSA) is 58.2 Å². The number of carbonyl (C=O) groups is 2. The van der Waals surface area contributed by atoms with Crippen molar-refractivity contribution in [3.05, 3.63) is 58.9 Å². The summed E-state index contributed by atoms with van der Waals surface area (Å²) in [5, 5.41) is 5.49. The number of aryl methyl sites for hydroxylation is 3. The molecule has 2 N–H and O–H groups in total. The van der Waals surface area contributed by atoms with Crippen molar-refractivity contribution in [3.63, 3.8) is 0 Å². The number of thioether (sulfide) groups is 1. The van der Waals surface area contributed by atoms with E-state index < -0.39 is 5.82 Å². The molecule has 0 heterocycles. The van der Waals surface area contributed by atoms with Gasteiger partial charge in [-0.3, -0.25) is 9.59 Å². The molecule has 0 radical (unpaired) electrons. The number of rotatable bonds is 6. The normalized spacial score (nSPS) is 10.4. The van der Waals surface area contributed by atoms with E-state index in [1.54, 1.807) is 13.0 Å². The fourth-order valence-corrected chi connectivity index (χ4v) is 2.91. The summed E-state index contributed by atoms with van der Waals surface area (Å²) in [6, 6.07) is 10.0. The smallest absolute Gasteiger partial charge is 0.234 e. The average Bonchev–Trinajstić information content (AvgIpc) is 2.53. The summed E-state index contributed by atoms with van der Waals surface area (Å²) in [5.41, 5.74) is 4.14. The Kier molecular flexibility index (Phi) is 6.58. The second-order valence-corrected chi connectivity index (χ2v) is 6.85. The number of nitrogens with one attached hydrogen (secondary N) is 2. The maximum atomic E-state index is 13.2. The van der Waals surface area contributed by atoms with Gasteiger partial charge in [0.25, 0.3) is 0 Å². The largest absolute Gasteiger partial charge is 0.325 e. The summed E-state index contributed by atoms with van der Waals surface area (Å²) < 4.78 is 13.2. The Labute approximate surface area is 151 Å². The SMILES string of the molecule is Cc1ccc(NC(=O)CSCC(=O)Nc2cc(F)ccc2C)c(C)c1. The molecule has 4 nitrogen and oxygen atoms in total. The zero-order valence-corrected chi connectivity index (χ0v) is 15.3. The van der Waals surface area contributed by atoms with Crippen molar-refractivity contribution in [2.75, 3.05) is 22.1 Å². The Morgan fingerprint density at radius 2 is 1.52 bits per heavy atom. The fraction of sp³-hybridized carbons (Fsp3) is 0.263. The van der Waals surface area contributed by atoms with Crippen molar-refractivity contribution in [2.24, 2.45) is 0 Å². The summed E-state index contributed by atoms with van der Waals surface area (Å²) in [4.78, 5) is 23.9. The minimum atomic E-state index is -0.401. The van der Waals surface area contributed by atoms with Crippen LogP contribution >= 0.6 is 11.8 Å². The molecule has 6 heteroatoms. The second-order valence-electron chi connectivity index (χ2n) is 5.87. The molecule has 0 aromatic heterocycles. The molecule has 2 rings (SSSR count). The summed E-state index contributed by atoms with van der Waals surface area (Å²) in [6.07, 6.45) is 0. The molecule has 0 unspecified atom stereocenters. The molecular weight excluding hydrogens is 339 g/mol. The third-order valence-electron chi connectivity index (χ3n) is 3.60. The van der Waals surface area contributed by atoms with Crippen LogP contribution in [0.3, 0.4) is 0 Å². The van der Waals surface area contributed by atoms with E-state index in [0.717, 1.165) is 22.4 Å². The predicted molar refractivity (Wildman–Crippen MR) is 102 cm³/mol. The van der Waals surface area contributed by atoms with E-state index in [4.69, 9.17) is 0 Å². The van der Waals surface area contributed by atoms with Gasteiger partial charge in [-0.15, -0.1) is 11.8 Å². The molecule has 0 saturated carbocycles. The summed E-state index contributed by atoms with van der Waals surface area (Å²) in [7, 11) is 0. The van der Waals surface area contributed by atoms with Crippen LogP contribution in [-0.4, -0.2) is 23.3 Å². The van der Waals surface area contributed by atoms with Gasteiger partial charge in [-0.25, -0.2) is 4.39 Å². The summed E-state index contributed by atoms with van der Waals surface area (Å²) >= 11 is 1.21. The standard InChI is InChI=1S/C19H21FN2O2S/c1-12-4-7-16(14(3)8-12)21-18(23)10-25-11-19(24)22-17-9-15(20)6-5-13(17)2/h4-9H,10-11H2,1-3H3,(H,21,23)(H,22,24). The van der Waals surface area contributed by atoms with E-state index in [2.05, 4.69) is 10.6 Å². The number of benzene rings is 2. The van der Waals surface area contributed by atoms with Gasteiger partial charge in [0.05, 0.1) is 11.5 Å². The fourth-order valence-electron chi connectivity index (χ4n) is 2.29. The first-order valence-corrected chi connectivity index (χ1v) is 9.01. The van der Waals surface area contributed by atoms with Crippen molar-refractivity contribution in [1.29, 1.82) is 0 Å². The first kappa shape index (κ1) is 19.0. The first-order valence-electron chi connectivity index (χ1n) is 7.86. The zero-order chi connectivity index (χ0) is 18.4. The van der Waals surface area contributed by atoms with E-state index in [-0.39, 0.29) is 23.3 Å². The van der Waals surface area contributed by atoms with E-state index in [1.165, 1.54) is 23.9 Å². The Bertz CT molecular complexity index is 793. The number of hydrogen-bond donors (Lipinski definition) is 2. The van der Waals surface area contributed by atoms with Crippen molar-refractivity contribution >= 4 is 35.0 Å². The number of hydrogen-bond acceptors (Lipinski definition) is 3. The summed E-state index contributed by atoms with van der Waals surface area (Å²) in [5.74, 6) is -0.537. The van der Waals surface area contributed by atoms with Gasteiger partial charge in [0.15, 0.2) is 0 Å². The average molecular weight is 360 g/mol. The van der Waals surface area contributed by atoms with Gasteiger partial charge in [0.2, 0.25) is 11.8 Å². The molecule has 25 heavy (non-hydrogen) atoms. The molecule has 132 valence electrons. The lowest BCUT2D eigenvalue weighted by molar-refractivity contribution is -0.114. The van der Waals surface area contributed by atoms with E-state index in [1.807, 2.05) is 32.0 Å². The molecule has 0 saturated heterocycles. The molecule has 0 bridgehead atoms. The van der Waals surface area contributed by atoms with Gasteiger partial charge in [0.1, 0.15) is 5.82 Å². The summed E-state index contributed by atoms with van der Waals surface area (Å²) in [6.45, 7) is 5.72. The Morgan fingerprint density at radius 1 is 0.880 bits per heavy atom. The van der Waals surface area contributed by atoms with Crippen LogP contribution in [0.5, 0.6) is 0 Å². The number of carbonyl (C=O) groups excluding carboxylic acids is 2. The van der Waals surface area contributed by atoms with E-state index in [0.29, 0.717) is 5.69 Å². The Morgan fingerprint density at radius 3 is 2.16 bits per heavy atom. The monoisotopic (exact) mass is 360 g/mol. The molecule has 0 aliphatic heterocycles. The van der Waals surface area contributed by atoms with Crippen LogP contribution < -0.4 is 10.6 Å². The quantitative estimate of drug-likeness (QED) is 0.817. The zero-order valence-electron chi connectivity index (χ0n) is 14.5. The highest BCUT2D eigenvalue weighted by Gasteiger charge is 2.09. The number of amides is 2. The molecule has 0 atom stereocenters. The van der Waals surface area contributed by atoms with Gasteiger partial charge in [-0.1, -0.05) is 23.8 Å². The molecule has 0 aliphatic rings. The highest BCUT2D eigenvalue weighted by Crippen LogP contribution is 2.18. The van der Waals surface area contributed by atoms with Gasteiger partial charge in [0, 0.05) is 11.4 Å². The maximum absolute atomic E-state index is 13.2. The van der Waals surface area contributed by atoms with E-state index in [9.17, 15) is 14.0 Å². The third kappa shape index (κ3) is 5.90. The lowest BCUT2D eigenvalue weighted by atomic mass is 10.1. The van der Waals surface area contributed by atoms with Crippen LogP contribution in [0.25, 0.3) is 0 Å². The van der Waals surface area contributed by atoms with Gasteiger partial charge in [-0.2, -0.15) is 0 Å². The first-order chi connectivity index (χ1) is 11.8. The van der Waals surface area contributed by atoms with Crippen LogP contribution in [0.1, 0.15) is 16.7 Å². The van der Waals surface area contributed by atoms with Gasteiger partial charge >= 0.3 is 0 Å². The van der Waals surface area contributed by atoms with Crippen molar-refractivity contribution in [3.8, 4) is 0 Å². The molecule has 0 aliphatic carbocycles. The third-order valence-corrected chi connectivity index (χ3v) is 4.53. The van der Waals surface area contributed by atoms with Gasteiger partial charge in [-0.05, 0) is 50.1 Å². The minimum absolute atomic E-state index is 0.121. The highest BCUT2D eigenvalue weighted by molar-refractivity contribution is 8.00. The van der Waals surface area contributed by atoms with E-state index >= 15 is 0 Å². The van der Waals surface area contributed by atoms with Crippen LogP contribution in [0.4, 0.5) is 15.8 Å². The lowest BCUT2D eigenvalue weighted by Gasteiger charge is -2.10. The molecule has 0 spiro atoms. The second kappa shape index (κ2) is 8.67.